The lowest BCUT2D eigenvalue weighted by Crippen LogP contribution is -2.41. The van der Waals surface area contributed by atoms with Crippen LogP contribution in [0.2, 0.25) is 0 Å². The minimum Gasteiger partial charge on any atom is -0.481 e. The second-order valence-electron chi connectivity index (χ2n) is 14.7. The number of hydrogen-bond donors (Lipinski definition) is 6. The molecule has 0 aliphatic rings. The maximum absolute atomic E-state index is 12.3. The number of carbonyl (C=O) groups excluding carboxylic acids is 4. The summed E-state index contributed by atoms with van der Waals surface area (Å²) in [5.74, 6) is -3.11. The van der Waals surface area contributed by atoms with Crippen LogP contribution in [0.25, 0.3) is 0 Å². The summed E-state index contributed by atoms with van der Waals surface area (Å²) < 4.78 is 31.7. The average molecular weight is 877 g/mol. The third-order valence-electron chi connectivity index (χ3n) is 9.33. The molecule has 356 valence electrons. The summed E-state index contributed by atoms with van der Waals surface area (Å²) >= 11 is 0. The van der Waals surface area contributed by atoms with Gasteiger partial charge in [0.15, 0.2) is 0 Å². The Morgan fingerprint density at radius 3 is 1.16 bits per heavy atom. The zero-order valence-corrected chi connectivity index (χ0v) is 37.1. The third-order valence-corrected chi connectivity index (χ3v) is 9.33. The summed E-state index contributed by atoms with van der Waals surface area (Å²) in [4.78, 5) is 70.3. The van der Waals surface area contributed by atoms with Crippen molar-refractivity contribution in [2.45, 2.75) is 141 Å². The molecule has 0 unspecified atom stereocenters. The summed E-state index contributed by atoms with van der Waals surface area (Å²) in [6.45, 7) is 5.97. The second kappa shape index (κ2) is 44.6. The van der Waals surface area contributed by atoms with Crippen LogP contribution >= 0.6 is 0 Å². The molecule has 0 bridgehead atoms. The van der Waals surface area contributed by atoms with Gasteiger partial charge in [-0.15, -0.1) is 0 Å². The molecule has 1 atom stereocenters. The van der Waals surface area contributed by atoms with E-state index in [0.29, 0.717) is 39.4 Å². The van der Waals surface area contributed by atoms with Gasteiger partial charge >= 0.3 is 11.9 Å². The molecule has 18 nitrogen and oxygen atoms in total. The number of rotatable bonds is 47. The maximum atomic E-state index is 12.3. The van der Waals surface area contributed by atoms with Gasteiger partial charge in [-0.2, -0.15) is 0 Å². The smallest absolute Gasteiger partial charge is 0.326 e. The van der Waals surface area contributed by atoms with Gasteiger partial charge in [0.1, 0.15) is 19.3 Å². The molecular formula is C43H80N4O14. The molecule has 61 heavy (non-hydrogen) atoms. The van der Waals surface area contributed by atoms with Gasteiger partial charge in [0.25, 0.3) is 0 Å². The molecule has 0 aromatic carbocycles. The molecule has 0 aromatic heterocycles. The fourth-order valence-electron chi connectivity index (χ4n) is 5.95. The minimum atomic E-state index is -1.18. The lowest BCUT2D eigenvalue weighted by molar-refractivity contribution is -0.142. The van der Waals surface area contributed by atoms with Crippen LogP contribution in [0.3, 0.4) is 0 Å². The Balaban J connectivity index is 3.62. The van der Waals surface area contributed by atoms with Crippen molar-refractivity contribution >= 4 is 35.6 Å². The summed E-state index contributed by atoms with van der Waals surface area (Å²) in [5.41, 5.74) is 0. The Labute approximate surface area is 364 Å². The summed E-state index contributed by atoms with van der Waals surface area (Å²) in [6.07, 6.45) is 18.3. The topological polar surface area (TPSA) is 246 Å². The first-order chi connectivity index (χ1) is 29.6. The lowest BCUT2D eigenvalue weighted by Gasteiger charge is -2.14. The van der Waals surface area contributed by atoms with Crippen LogP contribution in [0.1, 0.15) is 135 Å². The van der Waals surface area contributed by atoms with Gasteiger partial charge in [0, 0.05) is 45.5 Å². The van der Waals surface area contributed by atoms with Gasteiger partial charge in [0.05, 0.1) is 59.5 Å². The van der Waals surface area contributed by atoms with E-state index < -0.39 is 18.0 Å². The van der Waals surface area contributed by atoms with Crippen molar-refractivity contribution in [1.29, 1.82) is 0 Å². The van der Waals surface area contributed by atoms with Crippen molar-refractivity contribution < 1.29 is 67.4 Å². The van der Waals surface area contributed by atoms with Gasteiger partial charge in [-0.25, -0.2) is 4.79 Å². The van der Waals surface area contributed by atoms with Gasteiger partial charge in [-0.3, -0.25) is 24.0 Å². The van der Waals surface area contributed by atoms with Crippen molar-refractivity contribution in [2.24, 2.45) is 0 Å². The van der Waals surface area contributed by atoms with Crippen molar-refractivity contribution in [3.63, 3.8) is 0 Å². The number of nitrogens with one attached hydrogen (secondary N) is 4. The molecule has 0 spiro atoms. The van der Waals surface area contributed by atoms with Crippen LogP contribution in [0.5, 0.6) is 0 Å². The molecule has 0 fully saturated rings. The average Bonchev–Trinajstić information content (AvgIpc) is 3.23. The first kappa shape index (κ1) is 57.6. The largest absolute Gasteiger partial charge is 0.481 e. The molecule has 4 amide bonds. The lowest BCUT2D eigenvalue weighted by atomic mass is 10.0. The maximum Gasteiger partial charge on any atom is 0.326 e. The highest BCUT2D eigenvalue weighted by Crippen LogP contribution is 2.14. The monoisotopic (exact) mass is 877 g/mol. The molecular weight excluding hydrogens is 796 g/mol. The summed E-state index contributed by atoms with van der Waals surface area (Å²) in [6, 6.07) is -1.13. The predicted octanol–water partition coefficient (Wildman–Crippen LogP) is 3.91. The highest BCUT2D eigenvalue weighted by atomic mass is 16.5. The van der Waals surface area contributed by atoms with E-state index in [-0.39, 0.29) is 115 Å². The number of carboxylic acid groups (broad SMARTS) is 2. The number of aliphatic carboxylic acids is 2. The number of carboxylic acids is 2. The molecule has 18 heteroatoms. The zero-order valence-electron chi connectivity index (χ0n) is 37.1. The molecule has 0 aliphatic carbocycles. The van der Waals surface area contributed by atoms with Crippen LogP contribution in [-0.2, 0) is 57.2 Å². The van der Waals surface area contributed by atoms with E-state index in [1.165, 1.54) is 57.8 Å². The SMILES string of the molecule is CCOCCOCCNC(=O)COCCOCCNC(=O)COCCOCCNC(=O)CC[C@H](NC(=O)CCCCCCCCCCCCCCCCCCC(=O)O)C(=O)O. The van der Waals surface area contributed by atoms with Crippen LogP contribution in [0.4, 0.5) is 0 Å². The quantitative estimate of drug-likeness (QED) is 0.0475. The number of ether oxygens (including phenoxy) is 6. The normalized spacial score (nSPS) is 11.6. The highest BCUT2D eigenvalue weighted by Gasteiger charge is 2.20. The van der Waals surface area contributed by atoms with Crippen LogP contribution in [0.15, 0.2) is 0 Å². The van der Waals surface area contributed by atoms with E-state index in [1.807, 2.05) is 6.92 Å². The van der Waals surface area contributed by atoms with E-state index in [9.17, 15) is 33.9 Å². The van der Waals surface area contributed by atoms with Gasteiger partial charge < -0.3 is 59.9 Å². The van der Waals surface area contributed by atoms with E-state index in [0.717, 1.165) is 38.5 Å². The van der Waals surface area contributed by atoms with Crippen LogP contribution < -0.4 is 21.3 Å². The minimum absolute atomic E-state index is 0.0197. The first-order valence-electron chi connectivity index (χ1n) is 22.7. The van der Waals surface area contributed by atoms with Gasteiger partial charge in [-0.1, -0.05) is 89.9 Å². The fraction of sp³-hybridized carbons (Fsp3) is 0.860. The highest BCUT2D eigenvalue weighted by molar-refractivity contribution is 5.84. The molecule has 0 heterocycles. The van der Waals surface area contributed by atoms with E-state index in [1.54, 1.807) is 0 Å². The van der Waals surface area contributed by atoms with Crippen molar-refractivity contribution in [3.05, 3.63) is 0 Å². The Kier molecular flexibility index (Phi) is 42.1. The van der Waals surface area contributed by atoms with Crippen LogP contribution in [0, 0.1) is 0 Å². The molecule has 0 aromatic rings. The number of unbranched alkanes of at least 4 members (excludes halogenated alkanes) is 15. The number of hydrogen-bond acceptors (Lipinski definition) is 12. The molecule has 0 rings (SSSR count). The molecule has 0 radical (unpaired) electrons. The Bertz CT molecular complexity index is 1120. The molecule has 0 saturated carbocycles. The Morgan fingerprint density at radius 1 is 0.410 bits per heavy atom. The van der Waals surface area contributed by atoms with Gasteiger partial charge in [-0.05, 0) is 26.2 Å². The number of amides is 4. The Hall–Kier alpha value is -3.42. The first-order valence-corrected chi connectivity index (χ1v) is 22.7. The summed E-state index contributed by atoms with van der Waals surface area (Å²) in [7, 11) is 0. The van der Waals surface area contributed by atoms with E-state index in [2.05, 4.69) is 21.3 Å². The third kappa shape index (κ3) is 44.4. The van der Waals surface area contributed by atoms with E-state index in [4.69, 9.17) is 33.5 Å². The number of carbonyl (C=O) groups is 6. The zero-order chi connectivity index (χ0) is 44.9. The molecule has 0 aliphatic heterocycles. The standard InChI is InChI=1S/C43H80N4O14/c1-2-56-29-30-57-27-24-45-40(50)35-61-34-32-59-28-25-46-41(51)36-60-33-31-58-26-23-44-38(48)22-21-37(43(54)55)47-39(49)19-17-15-13-11-9-7-5-3-4-6-8-10-12-14-16-18-20-42(52)53/h37H,2-36H2,1H3,(H,44,48)(H,45,50)(H,46,51)(H,47,49)(H,52,53)(H,54,55)/t37-/m0/s1. The predicted molar refractivity (Wildman–Crippen MR) is 229 cm³/mol. The second-order valence-corrected chi connectivity index (χ2v) is 14.7. The van der Waals surface area contributed by atoms with Crippen molar-refractivity contribution in [2.75, 3.05) is 98.9 Å². The fourth-order valence-corrected chi connectivity index (χ4v) is 5.95. The van der Waals surface area contributed by atoms with Gasteiger partial charge in [0.2, 0.25) is 23.6 Å². The van der Waals surface area contributed by atoms with Crippen LogP contribution in [-0.4, -0.2) is 151 Å². The van der Waals surface area contributed by atoms with Crippen molar-refractivity contribution in [3.8, 4) is 0 Å². The molecule has 0 saturated heterocycles. The van der Waals surface area contributed by atoms with Crippen molar-refractivity contribution in [1.82, 2.24) is 21.3 Å². The van der Waals surface area contributed by atoms with E-state index >= 15 is 0 Å². The Morgan fingerprint density at radius 2 is 0.770 bits per heavy atom. The summed E-state index contributed by atoms with van der Waals surface area (Å²) in [5, 5.41) is 28.7. The molecule has 6 N–H and O–H groups in total.